The SMILES string of the molecule is C#C/C=C\C(=C/C)C(=O)O[C@H]1[C@H](F)CS[C@H]1COC(=O)c1ccccc1. The van der Waals surface area contributed by atoms with E-state index in [1.54, 1.807) is 37.3 Å². The first kappa shape index (κ1) is 19.8. The van der Waals surface area contributed by atoms with Crippen LogP contribution in [0, 0.1) is 12.3 Å². The standard InChI is InChI=1S/C20H19FO4S/c1-3-5-9-14(4-2)20(23)25-18-16(21)13-26-17(18)12-24-19(22)15-10-7-6-8-11-15/h1,4-11,16-18H,12-13H2,2H3/b9-5-,14-4+/t16-,17+,18+/m1/s1. The Hall–Kier alpha value is -2.52. The van der Waals surface area contributed by atoms with Gasteiger partial charge in [0.1, 0.15) is 18.9 Å². The lowest BCUT2D eigenvalue weighted by Crippen LogP contribution is -2.35. The monoisotopic (exact) mass is 374 g/mol. The van der Waals surface area contributed by atoms with Gasteiger partial charge in [-0.05, 0) is 31.2 Å². The average molecular weight is 374 g/mol. The predicted molar refractivity (Wildman–Crippen MR) is 99.5 cm³/mol. The summed E-state index contributed by atoms with van der Waals surface area (Å²) < 4.78 is 24.7. The van der Waals surface area contributed by atoms with E-state index in [0.29, 0.717) is 5.56 Å². The van der Waals surface area contributed by atoms with Crippen molar-refractivity contribution in [1.29, 1.82) is 0 Å². The molecule has 1 aliphatic rings. The second-order valence-electron chi connectivity index (χ2n) is 5.47. The first-order valence-corrected chi connectivity index (χ1v) is 9.09. The first-order valence-electron chi connectivity index (χ1n) is 8.04. The molecular weight excluding hydrogens is 355 g/mol. The smallest absolute Gasteiger partial charge is 0.338 e. The third-order valence-electron chi connectivity index (χ3n) is 3.73. The molecule has 0 spiro atoms. The van der Waals surface area contributed by atoms with E-state index in [4.69, 9.17) is 15.9 Å². The number of ether oxygens (including phenoxy) is 2. The Morgan fingerprint density at radius 1 is 1.38 bits per heavy atom. The zero-order valence-electron chi connectivity index (χ0n) is 14.3. The average Bonchev–Trinajstić information content (AvgIpc) is 3.01. The molecule has 1 aromatic carbocycles. The van der Waals surface area contributed by atoms with Crippen molar-refractivity contribution < 1.29 is 23.5 Å². The van der Waals surface area contributed by atoms with Crippen molar-refractivity contribution in [1.82, 2.24) is 0 Å². The van der Waals surface area contributed by atoms with E-state index in [9.17, 15) is 14.0 Å². The van der Waals surface area contributed by atoms with E-state index < -0.39 is 29.5 Å². The number of carbonyl (C=O) groups excluding carboxylic acids is 2. The summed E-state index contributed by atoms with van der Waals surface area (Å²) in [5.41, 5.74) is 0.656. The highest BCUT2D eigenvalue weighted by Crippen LogP contribution is 2.32. The molecule has 136 valence electrons. The number of hydrogen-bond donors (Lipinski definition) is 0. The number of thioether (sulfide) groups is 1. The van der Waals surface area contributed by atoms with Crippen molar-refractivity contribution >= 4 is 23.7 Å². The van der Waals surface area contributed by atoms with Gasteiger partial charge in [-0.15, -0.1) is 18.2 Å². The van der Waals surface area contributed by atoms with Crippen LogP contribution in [0.25, 0.3) is 0 Å². The molecular formula is C20H19FO4S. The molecule has 0 amide bonds. The molecule has 0 radical (unpaired) electrons. The highest BCUT2D eigenvalue weighted by atomic mass is 32.2. The minimum atomic E-state index is -1.32. The number of rotatable bonds is 6. The molecule has 0 saturated carbocycles. The minimum Gasteiger partial charge on any atom is -0.461 e. The molecule has 4 nitrogen and oxygen atoms in total. The number of alkyl halides is 1. The number of terminal acetylenes is 1. The fourth-order valence-electron chi connectivity index (χ4n) is 2.36. The van der Waals surface area contributed by atoms with Crippen molar-refractivity contribution in [3.05, 3.63) is 59.7 Å². The van der Waals surface area contributed by atoms with Gasteiger partial charge in [-0.3, -0.25) is 0 Å². The Balaban J connectivity index is 1.96. The van der Waals surface area contributed by atoms with Crippen molar-refractivity contribution in [3.63, 3.8) is 0 Å². The molecule has 1 fully saturated rings. The molecule has 0 aromatic heterocycles. The molecule has 1 aliphatic heterocycles. The molecule has 2 rings (SSSR count). The lowest BCUT2D eigenvalue weighted by Gasteiger charge is -2.20. The van der Waals surface area contributed by atoms with Gasteiger partial charge >= 0.3 is 11.9 Å². The summed E-state index contributed by atoms with van der Waals surface area (Å²) in [6.45, 7) is 1.62. The number of halogens is 1. The lowest BCUT2D eigenvalue weighted by atomic mass is 10.1. The van der Waals surface area contributed by atoms with Crippen LogP contribution in [0.15, 0.2) is 54.1 Å². The number of carbonyl (C=O) groups is 2. The van der Waals surface area contributed by atoms with Gasteiger partial charge in [-0.2, -0.15) is 0 Å². The van der Waals surface area contributed by atoms with Gasteiger partial charge in [0.25, 0.3) is 0 Å². The van der Waals surface area contributed by atoms with Crippen LogP contribution in [0.1, 0.15) is 17.3 Å². The van der Waals surface area contributed by atoms with E-state index in [1.165, 1.54) is 30.0 Å². The highest BCUT2D eigenvalue weighted by Gasteiger charge is 2.41. The molecule has 1 aromatic rings. The van der Waals surface area contributed by atoms with E-state index in [2.05, 4.69) is 5.92 Å². The number of esters is 2. The number of allylic oxidation sites excluding steroid dienone is 2. The van der Waals surface area contributed by atoms with Gasteiger partial charge in [0.05, 0.1) is 16.4 Å². The molecule has 0 N–H and O–H groups in total. The Bertz CT molecular complexity index is 736. The third kappa shape index (κ3) is 5.24. The molecule has 1 saturated heterocycles. The van der Waals surface area contributed by atoms with Gasteiger partial charge in [0, 0.05) is 5.75 Å². The number of benzene rings is 1. The lowest BCUT2D eigenvalue weighted by molar-refractivity contribution is -0.146. The highest BCUT2D eigenvalue weighted by molar-refractivity contribution is 8.00. The quantitative estimate of drug-likeness (QED) is 0.331. The zero-order chi connectivity index (χ0) is 18.9. The fourth-order valence-corrected chi connectivity index (χ4v) is 3.56. The van der Waals surface area contributed by atoms with Crippen LogP contribution >= 0.6 is 11.8 Å². The van der Waals surface area contributed by atoms with Crippen molar-refractivity contribution in [3.8, 4) is 12.3 Å². The third-order valence-corrected chi connectivity index (χ3v) is 5.07. The second-order valence-corrected chi connectivity index (χ2v) is 6.74. The Morgan fingerprint density at radius 3 is 2.77 bits per heavy atom. The maximum Gasteiger partial charge on any atom is 0.338 e. The van der Waals surface area contributed by atoms with Gasteiger partial charge in [-0.25, -0.2) is 14.0 Å². The van der Waals surface area contributed by atoms with E-state index in [1.807, 2.05) is 0 Å². The van der Waals surface area contributed by atoms with Crippen LogP contribution in [0.3, 0.4) is 0 Å². The summed E-state index contributed by atoms with van der Waals surface area (Å²) in [4.78, 5) is 24.2. The molecule has 6 heteroatoms. The van der Waals surface area contributed by atoms with E-state index in [-0.39, 0.29) is 17.9 Å². The molecule has 1 heterocycles. The largest absolute Gasteiger partial charge is 0.461 e. The van der Waals surface area contributed by atoms with E-state index >= 15 is 0 Å². The topological polar surface area (TPSA) is 52.6 Å². The van der Waals surface area contributed by atoms with Crippen molar-refractivity contribution in [2.45, 2.75) is 24.4 Å². The summed E-state index contributed by atoms with van der Waals surface area (Å²) in [5, 5.41) is -0.462. The summed E-state index contributed by atoms with van der Waals surface area (Å²) in [5.74, 6) is 1.31. The van der Waals surface area contributed by atoms with Crippen LogP contribution in [-0.2, 0) is 14.3 Å². The van der Waals surface area contributed by atoms with E-state index in [0.717, 1.165) is 0 Å². The summed E-state index contributed by atoms with van der Waals surface area (Å²) in [6.07, 6.45) is 7.16. The van der Waals surface area contributed by atoms with Gasteiger partial charge in [0.2, 0.25) is 0 Å². The van der Waals surface area contributed by atoms with Crippen LogP contribution in [0.2, 0.25) is 0 Å². The fraction of sp³-hybridized carbons (Fsp3) is 0.300. The van der Waals surface area contributed by atoms with Gasteiger partial charge in [-0.1, -0.05) is 30.2 Å². The Kier molecular flexibility index (Phi) is 7.49. The first-order chi connectivity index (χ1) is 12.6. The van der Waals surface area contributed by atoms with Crippen LogP contribution in [-0.4, -0.2) is 41.8 Å². The second kappa shape index (κ2) is 9.83. The maximum atomic E-state index is 14.2. The predicted octanol–water partition coefficient (Wildman–Crippen LogP) is 3.34. The summed E-state index contributed by atoms with van der Waals surface area (Å²) in [6, 6.07) is 8.52. The van der Waals surface area contributed by atoms with Crippen LogP contribution in [0.5, 0.6) is 0 Å². The molecule has 26 heavy (non-hydrogen) atoms. The van der Waals surface area contributed by atoms with Gasteiger partial charge < -0.3 is 9.47 Å². The summed E-state index contributed by atoms with van der Waals surface area (Å²) >= 11 is 1.28. The Morgan fingerprint density at radius 2 is 2.12 bits per heavy atom. The summed E-state index contributed by atoms with van der Waals surface area (Å²) in [7, 11) is 0. The maximum absolute atomic E-state index is 14.2. The van der Waals surface area contributed by atoms with Crippen LogP contribution in [0.4, 0.5) is 4.39 Å². The van der Waals surface area contributed by atoms with Crippen molar-refractivity contribution in [2.75, 3.05) is 12.4 Å². The minimum absolute atomic E-state index is 0.0396. The Labute approximate surface area is 156 Å². The molecule has 0 bridgehead atoms. The number of hydrogen-bond acceptors (Lipinski definition) is 5. The zero-order valence-corrected chi connectivity index (χ0v) is 15.1. The normalized spacial score (nSPS) is 22.8. The molecule has 3 atom stereocenters. The van der Waals surface area contributed by atoms with Gasteiger partial charge in [0.15, 0.2) is 0 Å². The molecule has 0 unspecified atom stereocenters. The molecule has 0 aliphatic carbocycles. The van der Waals surface area contributed by atoms with Crippen LogP contribution < -0.4 is 0 Å². The van der Waals surface area contributed by atoms with Crippen molar-refractivity contribution in [2.24, 2.45) is 0 Å².